The molecule has 0 aromatic heterocycles. The lowest BCUT2D eigenvalue weighted by atomic mass is 9.76. The highest BCUT2D eigenvalue weighted by molar-refractivity contribution is 5.42. The summed E-state index contributed by atoms with van der Waals surface area (Å²) in [5.74, 6) is -0.567. The van der Waals surface area contributed by atoms with Gasteiger partial charge in [-0.2, -0.15) is 4.39 Å². The van der Waals surface area contributed by atoms with Crippen LogP contribution in [0.25, 0.3) is 0 Å². The van der Waals surface area contributed by atoms with Crippen molar-refractivity contribution in [3.05, 3.63) is 28.8 Å². The van der Waals surface area contributed by atoms with Gasteiger partial charge in [0.2, 0.25) is 5.82 Å². The molecule has 0 radical (unpaired) electrons. The van der Waals surface area contributed by atoms with Gasteiger partial charge in [0.05, 0.1) is 6.10 Å². The van der Waals surface area contributed by atoms with E-state index in [1.165, 1.54) is 32.6 Å². The van der Waals surface area contributed by atoms with Crippen molar-refractivity contribution in [1.82, 2.24) is 0 Å². The number of aryl methyl sites for hydroxylation is 1. The second-order valence-electron chi connectivity index (χ2n) is 7.52. The van der Waals surface area contributed by atoms with E-state index in [0.29, 0.717) is 17.9 Å². The third kappa shape index (κ3) is 3.44. The van der Waals surface area contributed by atoms with Crippen molar-refractivity contribution in [3.8, 4) is 5.75 Å². The molecule has 1 aliphatic heterocycles. The van der Waals surface area contributed by atoms with Gasteiger partial charge in [-0.05, 0) is 56.1 Å². The minimum absolute atomic E-state index is 0.00798. The third-order valence-corrected chi connectivity index (χ3v) is 5.80. The van der Waals surface area contributed by atoms with E-state index in [9.17, 15) is 13.9 Å². The number of fused-ring (bicyclic) bond motifs is 1. The number of halogens is 2. The van der Waals surface area contributed by atoms with Gasteiger partial charge in [-0.1, -0.05) is 32.6 Å². The van der Waals surface area contributed by atoms with Crippen LogP contribution in [0.2, 0.25) is 0 Å². The number of hydrogen-bond acceptors (Lipinski definition) is 2. The molecule has 0 spiro atoms. The number of hydrogen-bond donors (Lipinski definition) is 1. The van der Waals surface area contributed by atoms with Crippen LogP contribution in [0, 0.1) is 23.5 Å². The average molecular weight is 338 g/mol. The van der Waals surface area contributed by atoms with Gasteiger partial charge >= 0.3 is 0 Å². The zero-order chi connectivity index (χ0) is 17.3. The van der Waals surface area contributed by atoms with Gasteiger partial charge < -0.3 is 9.84 Å². The first-order valence-electron chi connectivity index (χ1n) is 9.36. The summed E-state index contributed by atoms with van der Waals surface area (Å²) in [6.07, 6.45) is 7.74. The number of benzene rings is 1. The lowest BCUT2D eigenvalue weighted by molar-refractivity contribution is 0.0706. The number of rotatable bonds is 4. The fraction of sp³-hybridized carbons (Fsp3) is 0.700. The van der Waals surface area contributed by atoms with Crippen molar-refractivity contribution in [3.63, 3.8) is 0 Å². The molecule has 1 fully saturated rings. The van der Waals surface area contributed by atoms with E-state index in [1.807, 2.05) is 0 Å². The molecule has 24 heavy (non-hydrogen) atoms. The minimum atomic E-state index is -1.02. The summed E-state index contributed by atoms with van der Waals surface area (Å²) in [5, 5.41) is 9.61. The van der Waals surface area contributed by atoms with E-state index in [-0.39, 0.29) is 17.4 Å². The van der Waals surface area contributed by atoms with Gasteiger partial charge in [0, 0.05) is 5.56 Å². The molecule has 2 aliphatic rings. The highest BCUT2D eigenvalue weighted by Crippen LogP contribution is 2.41. The smallest absolute Gasteiger partial charge is 0.201 e. The van der Waals surface area contributed by atoms with Crippen LogP contribution in [0.4, 0.5) is 8.78 Å². The predicted molar refractivity (Wildman–Crippen MR) is 90.1 cm³/mol. The summed E-state index contributed by atoms with van der Waals surface area (Å²) in [7, 11) is 0. The standard InChI is InChI=1S/C20H28F2O2/c1-3-4-13-5-7-14(8-6-13)17-10-9-15-11-16(12(2)23)18(21)19(22)20(15)24-17/h11-14,17,23H,3-10H2,1-2H3. The second-order valence-corrected chi connectivity index (χ2v) is 7.52. The monoisotopic (exact) mass is 338 g/mol. The van der Waals surface area contributed by atoms with Crippen LogP contribution in [0.15, 0.2) is 6.07 Å². The van der Waals surface area contributed by atoms with E-state index >= 15 is 0 Å². The Morgan fingerprint density at radius 3 is 2.50 bits per heavy atom. The fourth-order valence-corrected chi connectivity index (χ4v) is 4.40. The minimum Gasteiger partial charge on any atom is -0.487 e. The number of aliphatic hydroxyl groups is 1. The van der Waals surface area contributed by atoms with Crippen LogP contribution in [0.1, 0.15) is 76.0 Å². The van der Waals surface area contributed by atoms with Crippen LogP contribution < -0.4 is 4.74 Å². The van der Waals surface area contributed by atoms with E-state index in [4.69, 9.17) is 4.74 Å². The molecular formula is C20H28F2O2. The van der Waals surface area contributed by atoms with Crippen LogP contribution in [0.3, 0.4) is 0 Å². The molecule has 1 saturated carbocycles. The zero-order valence-electron chi connectivity index (χ0n) is 14.7. The third-order valence-electron chi connectivity index (χ3n) is 5.80. The van der Waals surface area contributed by atoms with Crippen LogP contribution in [-0.4, -0.2) is 11.2 Å². The van der Waals surface area contributed by atoms with Gasteiger partial charge in [-0.3, -0.25) is 0 Å². The molecule has 2 nitrogen and oxygen atoms in total. The number of aliphatic hydroxyl groups excluding tert-OH is 1. The number of ether oxygens (including phenoxy) is 1. The molecule has 134 valence electrons. The Labute approximate surface area is 143 Å². The van der Waals surface area contributed by atoms with Gasteiger partial charge in [0.15, 0.2) is 11.6 Å². The van der Waals surface area contributed by atoms with Crippen molar-refractivity contribution in [2.75, 3.05) is 0 Å². The summed E-state index contributed by atoms with van der Waals surface area (Å²) >= 11 is 0. The van der Waals surface area contributed by atoms with Gasteiger partial charge in [0.1, 0.15) is 6.10 Å². The lowest BCUT2D eigenvalue weighted by Gasteiger charge is -2.37. The first-order valence-corrected chi connectivity index (χ1v) is 9.36. The Morgan fingerprint density at radius 1 is 1.17 bits per heavy atom. The van der Waals surface area contributed by atoms with Crippen LogP contribution in [0.5, 0.6) is 5.75 Å². The van der Waals surface area contributed by atoms with E-state index in [2.05, 4.69) is 6.92 Å². The predicted octanol–water partition coefficient (Wildman–Crippen LogP) is 5.32. The van der Waals surface area contributed by atoms with E-state index in [0.717, 1.165) is 25.2 Å². The Hall–Kier alpha value is -1.16. The van der Waals surface area contributed by atoms with E-state index in [1.54, 1.807) is 6.07 Å². The van der Waals surface area contributed by atoms with Crippen molar-refractivity contribution >= 4 is 0 Å². The lowest BCUT2D eigenvalue weighted by Crippen LogP contribution is -2.34. The maximum absolute atomic E-state index is 14.4. The van der Waals surface area contributed by atoms with E-state index < -0.39 is 17.7 Å². The molecule has 4 heteroatoms. The van der Waals surface area contributed by atoms with Crippen LogP contribution >= 0.6 is 0 Å². The van der Waals surface area contributed by atoms with Gasteiger partial charge in [-0.25, -0.2) is 4.39 Å². The molecule has 2 atom stereocenters. The maximum Gasteiger partial charge on any atom is 0.201 e. The first-order chi connectivity index (χ1) is 11.5. The summed E-state index contributed by atoms with van der Waals surface area (Å²) in [6, 6.07) is 1.56. The van der Waals surface area contributed by atoms with Crippen molar-refractivity contribution < 1.29 is 18.6 Å². The largest absolute Gasteiger partial charge is 0.487 e. The van der Waals surface area contributed by atoms with Crippen molar-refractivity contribution in [1.29, 1.82) is 0 Å². The van der Waals surface area contributed by atoms with Gasteiger partial charge in [0.25, 0.3) is 0 Å². The zero-order valence-corrected chi connectivity index (χ0v) is 14.7. The molecule has 1 aromatic rings. The van der Waals surface area contributed by atoms with Crippen molar-refractivity contribution in [2.24, 2.45) is 11.8 Å². The Balaban J connectivity index is 1.72. The summed E-state index contributed by atoms with van der Waals surface area (Å²) in [5.41, 5.74) is 0.703. The topological polar surface area (TPSA) is 29.5 Å². The summed E-state index contributed by atoms with van der Waals surface area (Å²) < 4.78 is 34.4. The highest BCUT2D eigenvalue weighted by Gasteiger charge is 2.34. The second kappa shape index (κ2) is 7.38. The molecule has 0 bridgehead atoms. The SMILES string of the molecule is CCCC1CCC(C2CCc3cc(C(C)O)c(F)c(F)c3O2)CC1. The molecule has 1 aliphatic carbocycles. The average Bonchev–Trinajstić information content (AvgIpc) is 2.58. The van der Waals surface area contributed by atoms with Crippen molar-refractivity contribution in [2.45, 2.75) is 77.4 Å². The highest BCUT2D eigenvalue weighted by atomic mass is 19.2. The Bertz CT molecular complexity index is 577. The fourth-order valence-electron chi connectivity index (χ4n) is 4.40. The Kier molecular flexibility index (Phi) is 5.43. The summed E-state index contributed by atoms with van der Waals surface area (Å²) in [6.45, 7) is 3.68. The molecule has 1 heterocycles. The quantitative estimate of drug-likeness (QED) is 0.805. The first kappa shape index (κ1) is 17.7. The summed E-state index contributed by atoms with van der Waals surface area (Å²) in [4.78, 5) is 0. The molecule has 2 unspecified atom stereocenters. The van der Waals surface area contributed by atoms with Gasteiger partial charge in [-0.15, -0.1) is 0 Å². The Morgan fingerprint density at radius 2 is 1.88 bits per heavy atom. The van der Waals surface area contributed by atoms with Crippen LogP contribution in [-0.2, 0) is 6.42 Å². The normalized spacial score (nSPS) is 28.1. The molecule has 1 N–H and O–H groups in total. The molecule has 3 rings (SSSR count). The molecule has 0 amide bonds. The maximum atomic E-state index is 14.4. The molecule has 1 aromatic carbocycles. The molecular weight excluding hydrogens is 310 g/mol. The molecule has 0 saturated heterocycles.